The Kier molecular flexibility index (Phi) is 5.27. The van der Waals surface area contributed by atoms with E-state index in [1.807, 2.05) is 6.92 Å². The number of hydrogen-bond donors (Lipinski definition) is 2. The molecule has 0 aliphatic carbocycles. The highest BCUT2D eigenvalue weighted by molar-refractivity contribution is 6.08. The van der Waals surface area contributed by atoms with Crippen molar-refractivity contribution in [2.45, 2.75) is 20.8 Å². The Hall–Kier alpha value is -2.59. The van der Waals surface area contributed by atoms with Crippen molar-refractivity contribution in [1.29, 1.82) is 0 Å². The van der Waals surface area contributed by atoms with Gasteiger partial charge in [-0.25, -0.2) is 4.79 Å². The Morgan fingerprint density at radius 1 is 1.43 bits per heavy atom. The van der Waals surface area contributed by atoms with Crippen LogP contribution in [0.25, 0.3) is 6.08 Å². The zero-order valence-corrected chi connectivity index (χ0v) is 12.1. The van der Waals surface area contributed by atoms with Crippen LogP contribution in [0.3, 0.4) is 0 Å². The predicted molar refractivity (Wildman–Crippen MR) is 77.8 cm³/mol. The van der Waals surface area contributed by atoms with E-state index in [-0.39, 0.29) is 0 Å². The summed E-state index contributed by atoms with van der Waals surface area (Å²) in [6, 6.07) is 4.73. The zero-order valence-electron chi connectivity index (χ0n) is 12.1. The van der Waals surface area contributed by atoms with E-state index in [9.17, 15) is 14.4 Å². The molecule has 0 aliphatic rings. The van der Waals surface area contributed by atoms with Gasteiger partial charge in [0.25, 0.3) is 0 Å². The molecule has 2 N–H and O–H groups in total. The Bertz CT molecular complexity index is 600. The zero-order chi connectivity index (χ0) is 16.0. The first-order valence-electron chi connectivity index (χ1n) is 6.35. The van der Waals surface area contributed by atoms with Gasteiger partial charge in [-0.15, -0.1) is 0 Å². The first-order valence-corrected chi connectivity index (χ1v) is 6.35. The summed E-state index contributed by atoms with van der Waals surface area (Å²) < 4.78 is 5.30. The third-order valence-corrected chi connectivity index (χ3v) is 2.90. The quantitative estimate of drug-likeness (QED) is 0.617. The molecular formula is C15H17NO5. The molecule has 0 saturated carbocycles. The SMILES string of the molecule is CCOc1ccc(NC(=O)C(C)(C)C(=O)O)c(C=C=O)c1. The highest BCUT2D eigenvalue weighted by Crippen LogP contribution is 2.25. The first-order chi connectivity index (χ1) is 9.82. The van der Waals surface area contributed by atoms with Crippen molar-refractivity contribution in [3.63, 3.8) is 0 Å². The number of benzene rings is 1. The van der Waals surface area contributed by atoms with E-state index in [2.05, 4.69) is 5.32 Å². The summed E-state index contributed by atoms with van der Waals surface area (Å²) in [4.78, 5) is 33.6. The van der Waals surface area contributed by atoms with Crippen LogP contribution >= 0.6 is 0 Å². The molecule has 0 bridgehead atoms. The lowest BCUT2D eigenvalue weighted by molar-refractivity contribution is -0.151. The molecule has 0 radical (unpaired) electrons. The normalized spacial score (nSPS) is 10.4. The molecule has 0 atom stereocenters. The summed E-state index contributed by atoms with van der Waals surface area (Å²) >= 11 is 0. The fraction of sp³-hybridized carbons (Fsp3) is 0.333. The van der Waals surface area contributed by atoms with Gasteiger partial charge in [0.15, 0.2) is 0 Å². The van der Waals surface area contributed by atoms with Gasteiger partial charge in [-0.2, -0.15) is 0 Å². The van der Waals surface area contributed by atoms with E-state index in [0.717, 1.165) is 6.08 Å². The molecule has 0 aromatic heterocycles. The third kappa shape index (κ3) is 3.94. The summed E-state index contributed by atoms with van der Waals surface area (Å²) in [7, 11) is 0. The number of carbonyl (C=O) groups excluding carboxylic acids is 2. The van der Waals surface area contributed by atoms with Crippen LogP contribution in [0.4, 0.5) is 5.69 Å². The van der Waals surface area contributed by atoms with E-state index in [4.69, 9.17) is 9.84 Å². The standard InChI is InChI=1S/C15H17NO5/c1-4-21-11-5-6-12(10(9-11)7-8-17)16-13(18)15(2,3)14(19)20/h5-7,9H,4H2,1-3H3,(H,16,18)(H,19,20). The lowest BCUT2D eigenvalue weighted by Gasteiger charge is -2.19. The van der Waals surface area contributed by atoms with Crippen molar-refractivity contribution in [2.75, 3.05) is 11.9 Å². The molecule has 0 spiro atoms. The number of hydrogen-bond acceptors (Lipinski definition) is 4. The second kappa shape index (κ2) is 6.72. The van der Waals surface area contributed by atoms with Gasteiger partial charge in [-0.05, 0) is 39.0 Å². The molecule has 0 saturated heterocycles. The van der Waals surface area contributed by atoms with Crippen molar-refractivity contribution in [1.82, 2.24) is 0 Å². The molecule has 1 rings (SSSR count). The van der Waals surface area contributed by atoms with Crippen LogP contribution < -0.4 is 10.1 Å². The Morgan fingerprint density at radius 3 is 2.62 bits per heavy atom. The molecule has 1 aromatic carbocycles. The van der Waals surface area contributed by atoms with Gasteiger partial charge in [0.1, 0.15) is 17.1 Å². The van der Waals surface area contributed by atoms with E-state index in [1.165, 1.54) is 13.8 Å². The molecular weight excluding hydrogens is 274 g/mol. The molecule has 0 unspecified atom stereocenters. The Morgan fingerprint density at radius 2 is 2.10 bits per heavy atom. The number of nitrogens with one attached hydrogen (secondary N) is 1. The largest absolute Gasteiger partial charge is 0.494 e. The number of ether oxygens (including phenoxy) is 1. The molecule has 0 aliphatic heterocycles. The van der Waals surface area contributed by atoms with E-state index in [1.54, 1.807) is 24.1 Å². The molecule has 6 nitrogen and oxygen atoms in total. The van der Waals surface area contributed by atoms with Crippen LogP contribution in [0.15, 0.2) is 18.2 Å². The number of carboxylic acids is 1. The summed E-state index contributed by atoms with van der Waals surface area (Å²) in [5.74, 6) is 0.248. The molecule has 21 heavy (non-hydrogen) atoms. The summed E-state index contributed by atoms with van der Waals surface area (Å²) in [6.45, 7) is 4.88. The van der Waals surface area contributed by atoms with Gasteiger partial charge in [0.05, 0.1) is 6.61 Å². The van der Waals surface area contributed by atoms with Crippen molar-refractivity contribution in [3.05, 3.63) is 23.8 Å². The minimum atomic E-state index is -1.58. The van der Waals surface area contributed by atoms with Gasteiger partial charge in [0.2, 0.25) is 5.91 Å². The van der Waals surface area contributed by atoms with Crippen LogP contribution in [0.5, 0.6) is 5.75 Å². The summed E-state index contributed by atoms with van der Waals surface area (Å²) in [6.07, 6.45) is 1.14. The molecule has 1 amide bonds. The first kappa shape index (κ1) is 16.5. The van der Waals surface area contributed by atoms with Crippen LogP contribution in [0.2, 0.25) is 0 Å². The minimum absolute atomic E-state index is 0.320. The second-order valence-corrected chi connectivity index (χ2v) is 4.83. The number of aliphatic carboxylic acids is 1. The van der Waals surface area contributed by atoms with Gasteiger partial charge in [0, 0.05) is 17.3 Å². The molecule has 0 fully saturated rings. The fourth-order valence-electron chi connectivity index (χ4n) is 1.47. The van der Waals surface area contributed by atoms with E-state index in [0.29, 0.717) is 23.6 Å². The maximum Gasteiger partial charge on any atom is 0.318 e. The maximum atomic E-state index is 12.0. The average molecular weight is 291 g/mol. The fourth-order valence-corrected chi connectivity index (χ4v) is 1.47. The third-order valence-electron chi connectivity index (χ3n) is 2.90. The van der Waals surface area contributed by atoms with Crippen LogP contribution in [0, 0.1) is 5.41 Å². The van der Waals surface area contributed by atoms with E-state index >= 15 is 0 Å². The summed E-state index contributed by atoms with van der Waals surface area (Å²) in [5.41, 5.74) is -0.868. The average Bonchev–Trinajstić information content (AvgIpc) is 2.42. The molecule has 0 heterocycles. The summed E-state index contributed by atoms with van der Waals surface area (Å²) in [5, 5.41) is 11.5. The molecule has 112 valence electrons. The second-order valence-electron chi connectivity index (χ2n) is 4.83. The number of rotatable bonds is 6. The predicted octanol–water partition coefficient (Wildman–Crippen LogP) is 1.98. The van der Waals surface area contributed by atoms with Crippen LogP contribution in [-0.4, -0.2) is 29.5 Å². The molecule has 6 heteroatoms. The monoisotopic (exact) mass is 291 g/mol. The highest BCUT2D eigenvalue weighted by atomic mass is 16.5. The smallest absolute Gasteiger partial charge is 0.318 e. The number of amides is 1. The van der Waals surface area contributed by atoms with Crippen molar-refractivity contribution < 1.29 is 24.2 Å². The lowest BCUT2D eigenvalue weighted by atomic mass is 9.92. The number of carbonyl (C=O) groups is 2. The van der Waals surface area contributed by atoms with Gasteiger partial charge >= 0.3 is 5.97 Å². The lowest BCUT2D eigenvalue weighted by Crippen LogP contribution is -2.38. The Labute approximate surface area is 122 Å². The molecule has 1 aromatic rings. The number of anilines is 1. The van der Waals surface area contributed by atoms with Crippen molar-refractivity contribution in [3.8, 4) is 5.75 Å². The van der Waals surface area contributed by atoms with Crippen LogP contribution in [-0.2, 0) is 14.4 Å². The van der Waals surface area contributed by atoms with Crippen molar-refractivity contribution in [2.24, 2.45) is 5.41 Å². The van der Waals surface area contributed by atoms with Gasteiger partial charge in [-0.3, -0.25) is 9.59 Å². The topological polar surface area (TPSA) is 92.7 Å². The van der Waals surface area contributed by atoms with Crippen molar-refractivity contribution >= 4 is 29.6 Å². The van der Waals surface area contributed by atoms with E-state index < -0.39 is 17.3 Å². The highest BCUT2D eigenvalue weighted by Gasteiger charge is 2.36. The minimum Gasteiger partial charge on any atom is -0.494 e. The van der Waals surface area contributed by atoms with Gasteiger partial charge in [-0.1, -0.05) is 0 Å². The maximum absolute atomic E-state index is 12.0. The number of carboxylic acid groups (broad SMARTS) is 1. The Balaban J connectivity index is 3.10. The van der Waals surface area contributed by atoms with Crippen LogP contribution in [0.1, 0.15) is 26.3 Å². The van der Waals surface area contributed by atoms with Gasteiger partial charge < -0.3 is 15.2 Å².